The summed E-state index contributed by atoms with van der Waals surface area (Å²) in [5.74, 6) is 0.313. The Labute approximate surface area is 64.0 Å². The lowest BCUT2D eigenvalue weighted by Crippen LogP contribution is -2.19. The van der Waals surface area contributed by atoms with Crippen LogP contribution in [-0.4, -0.2) is 18.0 Å². The van der Waals surface area contributed by atoms with Gasteiger partial charge in [-0.15, -0.1) is 0 Å². The van der Waals surface area contributed by atoms with Gasteiger partial charge >= 0.3 is 0 Å². The molecule has 1 aromatic rings. The van der Waals surface area contributed by atoms with Crippen molar-refractivity contribution in [3.05, 3.63) is 24.2 Å². The van der Waals surface area contributed by atoms with Crippen LogP contribution in [0.25, 0.3) is 0 Å². The predicted octanol–water partition coefficient (Wildman–Crippen LogP) is 1.25. The summed E-state index contributed by atoms with van der Waals surface area (Å²) >= 11 is 0. The SMILES string of the molecule is C[C@@]1(C(=O)c2ccco2)CO1. The minimum atomic E-state index is -0.599. The van der Waals surface area contributed by atoms with E-state index in [0.29, 0.717) is 12.4 Å². The van der Waals surface area contributed by atoms with Crippen molar-refractivity contribution in [2.24, 2.45) is 0 Å². The molecule has 0 aliphatic carbocycles. The van der Waals surface area contributed by atoms with E-state index in [2.05, 4.69) is 0 Å². The quantitative estimate of drug-likeness (QED) is 0.473. The zero-order valence-corrected chi connectivity index (χ0v) is 6.16. The largest absolute Gasteiger partial charge is 0.461 e. The van der Waals surface area contributed by atoms with Crippen molar-refractivity contribution in [3.63, 3.8) is 0 Å². The number of carbonyl (C=O) groups is 1. The van der Waals surface area contributed by atoms with Gasteiger partial charge in [-0.2, -0.15) is 0 Å². The molecule has 0 aromatic carbocycles. The second kappa shape index (κ2) is 1.95. The molecule has 58 valence electrons. The molecule has 3 heteroatoms. The highest BCUT2D eigenvalue weighted by atomic mass is 16.6. The molecule has 2 heterocycles. The Morgan fingerprint density at radius 3 is 2.91 bits per heavy atom. The number of Topliss-reactive ketones (excluding diaryl/α,β-unsaturated/α-hetero) is 1. The smallest absolute Gasteiger partial charge is 0.231 e. The summed E-state index contributed by atoms with van der Waals surface area (Å²) in [6.07, 6.45) is 1.49. The fourth-order valence-corrected chi connectivity index (χ4v) is 0.908. The van der Waals surface area contributed by atoms with Crippen molar-refractivity contribution in [1.82, 2.24) is 0 Å². The number of epoxide rings is 1. The van der Waals surface area contributed by atoms with Crippen LogP contribution in [0.15, 0.2) is 22.8 Å². The van der Waals surface area contributed by atoms with Crippen molar-refractivity contribution >= 4 is 5.78 Å². The van der Waals surface area contributed by atoms with Gasteiger partial charge in [-0.1, -0.05) is 0 Å². The molecule has 1 fully saturated rings. The average Bonchev–Trinajstić information content (AvgIpc) is 2.54. The fourth-order valence-electron chi connectivity index (χ4n) is 0.908. The van der Waals surface area contributed by atoms with Gasteiger partial charge in [0.15, 0.2) is 11.4 Å². The van der Waals surface area contributed by atoms with Crippen molar-refractivity contribution < 1.29 is 13.9 Å². The molecule has 0 spiro atoms. The lowest BCUT2D eigenvalue weighted by molar-refractivity contribution is 0.0859. The Morgan fingerprint density at radius 1 is 1.73 bits per heavy atom. The first kappa shape index (κ1) is 6.61. The Kier molecular flexibility index (Phi) is 1.17. The number of hydrogen-bond donors (Lipinski definition) is 0. The van der Waals surface area contributed by atoms with Crippen LogP contribution >= 0.6 is 0 Å². The van der Waals surface area contributed by atoms with Crippen LogP contribution in [0.5, 0.6) is 0 Å². The first-order chi connectivity index (χ1) is 5.22. The van der Waals surface area contributed by atoms with Gasteiger partial charge in [-0.3, -0.25) is 4.79 Å². The summed E-state index contributed by atoms with van der Waals surface area (Å²) in [6.45, 7) is 2.27. The third-order valence-corrected chi connectivity index (χ3v) is 1.80. The van der Waals surface area contributed by atoms with Gasteiger partial charge in [0.1, 0.15) is 0 Å². The molecule has 1 aliphatic heterocycles. The molecule has 1 aromatic heterocycles. The van der Waals surface area contributed by atoms with Crippen LogP contribution in [-0.2, 0) is 4.74 Å². The first-order valence-electron chi connectivity index (χ1n) is 3.45. The molecular formula is C8H8O3. The zero-order valence-electron chi connectivity index (χ0n) is 6.16. The van der Waals surface area contributed by atoms with E-state index in [-0.39, 0.29) is 5.78 Å². The van der Waals surface area contributed by atoms with Crippen molar-refractivity contribution in [2.45, 2.75) is 12.5 Å². The van der Waals surface area contributed by atoms with E-state index in [9.17, 15) is 4.79 Å². The summed E-state index contributed by atoms with van der Waals surface area (Å²) in [4.78, 5) is 11.4. The number of carbonyl (C=O) groups excluding carboxylic acids is 1. The molecule has 0 amide bonds. The second-order valence-electron chi connectivity index (χ2n) is 2.83. The van der Waals surface area contributed by atoms with Crippen LogP contribution < -0.4 is 0 Å². The zero-order chi connectivity index (χ0) is 7.90. The first-order valence-corrected chi connectivity index (χ1v) is 3.45. The normalized spacial score (nSPS) is 28.5. The van der Waals surface area contributed by atoms with Crippen LogP contribution in [0.4, 0.5) is 0 Å². The maximum atomic E-state index is 11.4. The average molecular weight is 152 g/mol. The summed E-state index contributed by atoms with van der Waals surface area (Å²) in [5.41, 5.74) is -0.599. The van der Waals surface area contributed by atoms with Crippen LogP contribution in [0, 0.1) is 0 Å². The van der Waals surface area contributed by atoms with E-state index < -0.39 is 5.60 Å². The lowest BCUT2D eigenvalue weighted by Gasteiger charge is -1.98. The molecule has 11 heavy (non-hydrogen) atoms. The molecule has 1 aliphatic rings. The number of rotatable bonds is 2. The molecule has 1 saturated heterocycles. The summed E-state index contributed by atoms with van der Waals surface area (Å²) in [6, 6.07) is 3.34. The lowest BCUT2D eigenvalue weighted by atomic mass is 10.1. The topological polar surface area (TPSA) is 42.7 Å². The molecule has 0 saturated carbocycles. The number of furan rings is 1. The van der Waals surface area contributed by atoms with Crippen LogP contribution in [0.3, 0.4) is 0 Å². The number of hydrogen-bond acceptors (Lipinski definition) is 3. The van der Waals surface area contributed by atoms with Gasteiger partial charge in [0.2, 0.25) is 5.78 Å². The molecular weight excluding hydrogens is 144 g/mol. The van der Waals surface area contributed by atoms with Crippen molar-refractivity contribution in [3.8, 4) is 0 Å². The summed E-state index contributed by atoms with van der Waals surface area (Å²) in [7, 11) is 0. The third-order valence-electron chi connectivity index (χ3n) is 1.80. The molecule has 0 radical (unpaired) electrons. The van der Waals surface area contributed by atoms with Gasteiger partial charge in [0.05, 0.1) is 12.9 Å². The van der Waals surface area contributed by atoms with E-state index in [1.54, 1.807) is 19.1 Å². The van der Waals surface area contributed by atoms with Gasteiger partial charge in [0.25, 0.3) is 0 Å². The molecule has 3 nitrogen and oxygen atoms in total. The van der Waals surface area contributed by atoms with E-state index in [1.807, 2.05) is 0 Å². The molecule has 0 unspecified atom stereocenters. The minimum absolute atomic E-state index is 0.0671. The van der Waals surface area contributed by atoms with Crippen molar-refractivity contribution in [1.29, 1.82) is 0 Å². The number of ketones is 1. The van der Waals surface area contributed by atoms with Gasteiger partial charge in [0, 0.05) is 0 Å². The Hall–Kier alpha value is -1.09. The highest BCUT2D eigenvalue weighted by molar-refractivity contribution is 6.01. The van der Waals surface area contributed by atoms with Crippen LogP contribution in [0.2, 0.25) is 0 Å². The maximum Gasteiger partial charge on any atom is 0.231 e. The second-order valence-corrected chi connectivity index (χ2v) is 2.83. The minimum Gasteiger partial charge on any atom is -0.461 e. The molecule has 2 rings (SSSR count). The fraction of sp³-hybridized carbons (Fsp3) is 0.375. The van der Waals surface area contributed by atoms with Gasteiger partial charge < -0.3 is 9.15 Å². The van der Waals surface area contributed by atoms with Gasteiger partial charge in [-0.05, 0) is 19.1 Å². The van der Waals surface area contributed by atoms with Crippen LogP contribution in [0.1, 0.15) is 17.5 Å². The van der Waals surface area contributed by atoms with E-state index in [4.69, 9.17) is 9.15 Å². The Morgan fingerprint density at radius 2 is 2.45 bits per heavy atom. The summed E-state index contributed by atoms with van der Waals surface area (Å²) < 4.78 is 9.90. The van der Waals surface area contributed by atoms with E-state index in [1.165, 1.54) is 6.26 Å². The Bertz CT molecular complexity index is 270. The monoisotopic (exact) mass is 152 g/mol. The highest BCUT2D eigenvalue weighted by Crippen LogP contribution is 2.30. The highest BCUT2D eigenvalue weighted by Gasteiger charge is 2.48. The number of ether oxygens (including phenoxy) is 1. The molecule has 0 bridgehead atoms. The van der Waals surface area contributed by atoms with Gasteiger partial charge in [-0.25, -0.2) is 0 Å². The third kappa shape index (κ3) is 0.973. The standard InChI is InChI=1S/C8H8O3/c1-8(5-11-8)7(9)6-3-2-4-10-6/h2-4H,5H2,1H3/t8-/m0/s1. The molecule has 1 atom stereocenters. The van der Waals surface area contributed by atoms with Crippen molar-refractivity contribution in [2.75, 3.05) is 6.61 Å². The van der Waals surface area contributed by atoms with E-state index in [0.717, 1.165) is 0 Å². The van der Waals surface area contributed by atoms with E-state index >= 15 is 0 Å². The summed E-state index contributed by atoms with van der Waals surface area (Å²) in [5, 5.41) is 0. The maximum absolute atomic E-state index is 11.4. The Balaban J connectivity index is 2.24. The molecule has 0 N–H and O–H groups in total. The predicted molar refractivity (Wildman–Crippen MR) is 37.4 cm³/mol.